The van der Waals surface area contributed by atoms with Crippen LogP contribution in [0.25, 0.3) is 0 Å². The van der Waals surface area contributed by atoms with Gasteiger partial charge in [-0.05, 0) is 80.4 Å². The van der Waals surface area contributed by atoms with E-state index in [1.165, 1.54) is 70.3 Å². The van der Waals surface area contributed by atoms with Crippen molar-refractivity contribution >= 4 is 0 Å². The maximum Gasteiger partial charge on any atom is 0.416 e. The summed E-state index contributed by atoms with van der Waals surface area (Å²) in [5.41, 5.74) is -0.635. The van der Waals surface area contributed by atoms with E-state index in [1.54, 1.807) is 6.07 Å². The summed E-state index contributed by atoms with van der Waals surface area (Å²) in [6.07, 6.45) is 11.7. The molecule has 1 aromatic rings. The van der Waals surface area contributed by atoms with Crippen LogP contribution < -0.4 is 4.74 Å². The van der Waals surface area contributed by atoms with Crippen LogP contribution in [0, 0.1) is 23.7 Å². The summed E-state index contributed by atoms with van der Waals surface area (Å²) >= 11 is 0. The van der Waals surface area contributed by atoms with Crippen molar-refractivity contribution in [1.29, 1.82) is 0 Å². The number of benzene rings is 1. The third-order valence-corrected chi connectivity index (χ3v) is 7.31. The average molecular weight is 411 g/mol. The van der Waals surface area contributed by atoms with Gasteiger partial charge in [-0.15, -0.1) is 0 Å². The molecule has 0 saturated heterocycles. The minimum atomic E-state index is -4.31. The maximum absolute atomic E-state index is 12.8. The lowest BCUT2D eigenvalue weighted by molar-refractivity contribution is -0.137. The zero-order chi connectivity index (χ0) is 20.7. The number of ether oxygens (including phenoxy) is 1. The van der Waals surface area contributed by atoms with Crippen molar-refractivity contribution in [3.63, 3.8) is 0 Å². The number of alkyl halides is 3. The number of hydrogen-bond acceptors (Lipinski definition) is 1. The van der Waals surface area contributed by atoms with Crippen LogP contribution in [0.4, 0.5) is 13.2 Å². The van der Waals surface area contributed by atoms with Gasteiger partial charge in [-0.2, -0.15) is 13.2 Å². The first kappa shape index (κ1) is 22.5. The van der Waals surface area contributed by atoms with E-state index in [4.69, 9.17) is 4.74 Å². The third kappa shape index (κ3) is 6.93. The third-order valence-electron chi connectivity index (χ3n) is 7.31. The van der Waals surface area contributed by atoms with Gasteiger partial charge in [0.25, 0.3) is 0 Å². The monoisotopic (exact) mass is 410 g/mol. The Hall–Kier alpha value is -1.19. The van der Waals surface area contributed by atoms with Gasteiger partial charge in [-0.1, -0.05) is 51.5 Å². The topological polar surface area (TPSA) is 9.23 Å². The Morgan fingerprint density at radius 1 is 0.862 bits per heavy atom. The average Bonchev–Trinajstić information content (AvgIpc) is 2.73. The lowest BCUT2D eigenvalue weighted by Crippen LogP contribution is -2.27. The molecule has 0 aliphatic heterocycles. The highest BCUT2D eigenvalue weighted by atomic mass is 19.4. The molecule has 1 aromatic carbocycles. The first-order valence-corrected chi connectivity index (χ1v) is 11.8. The molecule has 0 atom stereocenters. The van der Waals surface area contributed by atoms with E-state index in [0.29, 0.717) is 18.3 Å². The molecule has 1 nitrogen and oxygen atoms in total. The molecule has 0 bridgehead atoms. The molecule has 2 aliphatic rings. The van der Waals surface area contributed by atoms with Gasteiger partial charge < -0.3 is 4.74 Å². The molecule has 0 radical (unpaired) electrons. The summed E-state index contributed by atoms with van der Waals surface area (Å²) in [6, 6.07) is 5.26. The molecule has 164 valence electrons. The van der Waals surface area contributed by atoms with Gasteiger partial charge in [0.2, 0.25) is 0 Å². The Bertz CT molecular complexity index is 596. The van der Waals surface area contributed by atoms with Gasteiger partial charge in [-0.25, -0.2) is 0 Å². The molecule has 0 heterocycles. The fourth-order valence-corrected chi connectivity index (χ4v) is 5.43. The fourth-order valence-electron chi connectivity index (χ4n) is 5.43. The second kappa shape index (κ2) is 10.7. The normalized spacial score (nSPS) is 28.3. The minimum absolute atomic E-state index is 0.336. The SMILES string of the molecule is CCCCCC1CCC(C2CCC(COc3cccc(C(F)(F)F)c3)CC2)CC1. The molecule has 0 amide bonds. The van der Waals surface area contributed by atoms with Crippen molar-refractivity contribution in [2.24, 2.45) is 23.7 Å². The van der Waals surface area contributed by atoms with Crippen molar-refractivity contribution in [2.75, 3.05) is 6.61 Å². The standard InChI is InChI=1S/C25H37F3O/c1-2-3-4-6-19-9-13-21(14-10-19)22-15-11-20(12-16-22)18-29-24-8-5-7-23(17-24)25(26,27)28/h5,7-8,17,19-22H,2-4,6,9-16,18H2,1H3. The predicted octanol–water partition coefficient (Wildman–Crippen LogP) is 8.28. The Kier molecular flexibility index (Phi) is 8.32. The molecule has 29 heavy (non-hydrogen) atoms. The summed E-state index contributed by atoms with van der Waals surface area (Å²) in [7, 11) is 0. The largest absolute Gasteiger partial charge is 0.493 e. The number of halogens is 3. The molecular weight excluding hydrogens is 373 g/mol. The fraction of sp³-hybridized carbons (Fsp3) is 0.760. The van der Waals surface area contributed by atoms with Crippen molar-refractivity contribution in [3.05, 3.63) is 29.8 Å². The van der Waals surface area contributed by atoms with Crippen LogP contribution in [0.5, 0.6) is 5.75 Å². The molecule has 2 saturated carbocycles. The van der Waals surface area contributed by atoms with E-state index in [-0.39, 0.29) is 0 Å². The predicted molar refractivity (Wildman–Crippen MR) is 112 cm³/mol. The first-order valence-electron chi connectivity index (χ1n) is 11.8. The van der Waals surface area contributed by atoms with E-state index in [2.05, 4.69) is 6.92 Å². The Morgan fingerprint density at radius 2 is 1.48 bits per heavy atom. The van der Waals surface area contributed by atoms with Gasteiger partial charge >= 0.3 is 6.18 Å². The van der Waals surface area contributed by atoms with Crippen LogP contribution in [0.1, 0.15) is 89.5 Å². The van der Waals surface area contributed by atoms with Crippen molar-refractivity contribution in [1.82, 2.24) is 0 Å². The number of hydrogen-bond donors (Lipinski definition) is 0. The van der Waals surface area contributed by atoms with Gasteiger partial charge in [0, 0.05) is 0 Å². The minimum Gasteiger partial charge on any atom is -0.493 e. The Labute approximate surface area is 174 Å². The molecule has 4 heteroatoms. The highest BCUT2D eigenvalue weighted by molar-refractivity contribution is 5.30. The quantitative estimate of drug-likeness (QED) is 0.392. The number of rotatable bonds is 8. The summed E-state index contributed by atoms with van der Waals surface area (Å²) in [6.45, 7) is 2.82. The molecule has 0 aromatic heterocycles. The Morgan fingerprint density at radius 3 is 2.07 bits per heavy atom. The van der Waals surface area contributed by atoms with E-state index in [1.807, 2.05) is 0 Å². The molecule has 0 spiro atoms. The smallest absolute Gasteiger partial charge is 0.416 e. The van der Waals surface area contributed by atoms with Gasteiger partial charge in [0.15, 0.2) is 0 Å². The summed E-state index contributed by atoms with van der Waals surface area (Å²) in [5, 5.41) is 0. The van der Waals surface area contributed by atoms with Crippen LogP contribution in [-0.4, -0.2) is 6.61 Å². The van der Waals surface area contributed by atoms with Gasteiger partial charge in [0.1, 0.15) is 5.75 Å². The highest BCUT2D eigenvalue weighted by Gasteiger charge is 2.32. The van der Waals surface area contributed by atoms with Gasteiger partial charge in [0.05, 0.1) is 12.2 Å². The lowest BCUT2D eigenvalue weighted by Gasteiger charge is -2.38. The van der Waals surface area contributed by atoms with Crippen LogP contribution in [0.2, 0.25) is 0 Å². The maximum atomic E-state index is 12.8. The van der Waals surface area contributed by atoms with Crippen LogP contribution >= 0.6 is 0 Å². The zero-order valence-electron chi connectivity index (χ0n) is 17.9. The molecule has 0 unspecified atom stereocenters. The van der Waals surface area contributed by atoms with Crippen LogP contribution in [0.3, 0.4) is 0 Å². The molecule has 2 fully saturated rings. The first-order chi connectivity index (χ1) is 14.0. The van der Waals surface area contributed by atoms with Crippen molar-refractivity contribution in [2.45, 2.75) is 90.1 Å². The highest BCUT2D eigenvalue weighted by Crippen LogP contribution is 2.42. The van der Waals surface area contributed by atoms with E-state index in [9.17, 15) is 13.2 Å². The number of unbranched alkanes of at least 4 members (excludes halogenated alkanes) is 2. The summed E-state index contributed by atoms with van der Waals surface area (Å²) in [4.78, 5) is 0. The van der Waals surface area contributed by atoms with Crippen LogP contribution in [0.15, 0.2) is 24.3 Å². The van der Waals surface area contributed by atoms with Crippen LogP contribution in [-0.2, 0) is 6.18 Å². The molecule has 2 aliphatic carbocycles. The molecular formula is C25H37F3O. The lowest BCUT2D eigenvalue weighted by atomic mass is 9.69. The summed E-state index contributed by atoms with van der Waals surface area (Å²) in [5.74, 6) is 3.55. The van der Waals surface area contributed by atoms with E-state index < -0.39 is 11.7 Å². The second-order valence-corrected chi connectivity index (χ2v) is 9.39. The van der Waals surface area contributed by atoms with E-state index in [0.717, 1.165) is 42.7 Å². The molecule has 3 rings (SSSR count). The van der Waals surface area contributed by atoms with Crippen molar-refractivity contribution in [3.8, 4) is 5.75 Å². The Balaban J connectivity index is 1.36. The molecule has 0 N–H and O–H groups in total. The zero-order valence-corrected chi connectivity index (χ0v) is 17.9. The van der Waals surface area contributed by atoms with E-state index >= 15 is 0 Å². The summed E-state index contributed by atoms with van der Waals surface area (Å²) < 4.78 is 44.2. The van der Waals surface area contributed by atoms with Gasteiger partial charge in [-0.3, -0.25) is 0 Å². The van der Waals surface area contributed by atoms with Crippen molar-refractivity contribution < 1.29 is 17.9 Å². The second-order valence-electron chi connectivity index (χ2n) is 9.39.